The van der Waals surface area contributed by atoms with Crippen molar-refractivity contribution in [2.24, 2.45) is 5.73 Å². The fourth-order valence-electron chi connectivity index (χ4n) is 1.90. The highest BCUT2D eigenvalue weighted by atomic mass is 16.5. The van der Waals surface area contributed by atoms with Crippen molar-refractivity contribution >= 4 is 5.91 Å². The molecule has 112 valence electrons. The summed E-state index contributed by atoms with van der Waals surface area (Å²) >= 11 is 0. The minimum Gasteiger partial charge on any atom is -0.493 e. The van der Waals surface area contributed by atoms with Crippen molar-refractivity contribution in [2.45, 2.75) is 25.7 Å². The topological polar surface area (TPSA) is 73.6 Å². The number of ether oxygens (including phenoxy) is 2. The molecule has 0 aromatic heterocycles. The minimum atomic E-state index is -0.0928. The van der Waals surface area contributed by atoms with Crippen LogP contribution in [0.1, 0.15) is 36.0 Å². The number of hydrogen-bond donors (Lipinski definition) is 2. The van der Waals surface area contributed by atoms with Gasteiger partial charge in [0.05, 0.1) is 14.2 Å². The molecule has 1 amide bonds. The van der Waals surface area contributed by atoms with Gasteiger partial charge in [-0.25, -0.2) is 0 Å². The number of unbranched alkanes of at least 4 members (excludes halogenated alkanes) is 3. The van der Waals surface area contributed by atoms with Gasteiger partial charge in [0.15, 0.2) is 11.5 Å². The molecule has 3 N–H and O–H groups in total. The van der Waals surface area contributed by atoms with Crippen molar-refractivity contribution in [1.82, 2.24) is 5.32 Å². The zero-order valence-corrected chi connectivity index (χ0v) is 12.3. The second kappa shape index (κ2) is 9.20. The number of carbonyl (C=O) groups is 1. The van der Waals surface area contributed by atoms with E-state index in [0.29, 0.717) is 23.6 Å². The van der Waals surface area contributed by atoms with E-state index in [-0.39, 0.29) is 5.91 Å². The number of nitrogens with two attached hydrogens (primary N) is 1. The first-order chi connectivity index (χ1) is 9.72. The van der Waals surface area contributed by atoms with Crippen molar-refractivity contribution in [3.63, 3.8) is 0 Å². The molecular formula is C15H24N2O3. The summed E-state index contributed by atoms with van der Waals surface area (Å²) in [6.45, 7) is 1.41. The predicted molar refractivity (Wildman–Crippen MR) is 79.4 cm³/mol. The normalized spacial score (nSPS) is 10.2. The van der Waals surface area contributed by atoms with Crippen LogP contribution in [0.15, 0.2) is 18.2 Å². The highest BCUT2D eigenvalue weighted by Crippen LogP contribution is 2.27. The lowest BCUT2D eigenvalue weighted by Gasteiger charge is -2.10. The molecule has 0 bridgehead atoms. The van der Waals surface area contributed by atoms with Gasteiger partial charge in [0.1, 0.15) is 0 Å². The zero-order chi connectivity index (χ0) is 14.8. The van der Waals surface area contributed by atoms with Crippen LogP contribution in [0, 0.1) is 0 Å². The maximum atomic E-state index is 12.0. The fraction of sp³-hybridized carbons (Fsp3) is 0.533. The highest BCUT2D eigenvalue weighted by Gasteiger charge is 2.09. The Bertz CT molecular complexity index is 422. The molecule has 0 saturated heterocycles. The summed E-state index contributed by atoms with van der Waals surface area (Å²) in [6.07, 6.45) is 4.22. The average Bonchev–Trinajstić information content (AvgIpc) is 2.49. The molecule has 1 aromatic rings. The highest BCUT2D eigenvalue weighted by molar-refractivity contribution is 5.94. The predicted octanol–water partition coefficient (Wildman–Crippen LogP) is 1.95. The Balaban J connectivity index is 2.43. The summed E-state index contributed by atoms with van der Waals surface area (Å²) in [5.74, 6) is 1.08. The van der Waals surface area contributed by atoms with Crippen LogP contribution in [0.5, 0.6) is 11.5 Å². The van der Waals surface area contributed by atoms with Gasteiger partial charge in [0.2, 0.25) is 0 Å². The molecule has 0 radical (unpaired) electrons. The van der Waals surface area contributed by atoms with Crippen LogP contribution < -0.4 is 20.5 Å². The van der Waals surface area contributed by atoms with Crippen molar-refractivity contribution in [3.05, 3.63) is 23.8 Å². The largest absolute Gasteiger partial charge is 0.493 e. The molecule has 5 nitrogen and oxygen atoms in total. The number of carbonyl (C=O) groups excluding carboxylic acids is 1. The van der Waals surface area contributed by atoms with Crippen molar-refractivity contribution in [1.29, 1.82) is 0 Å². The molecule has 20 heavy (non-hydrogen) atoms. The van der Waals surface area contributed by atoms with Crippen LogP contribution in [-0.4, -0.2) is 33.2 Å². The van der Waals surface area contributed by atoms with E-state index in [1.807, 2.05) is 0 Å². The van der Waals surface area contributed by atoms with Gasteiger partial charge in [0, 0.05) is 12.1 Å². The van der Waals surface area contributed by atoms with Gasteiger partial charge >= 0.3 is 0 Å². The third-order valence-corrected chi connectivity index (χ3v) is 3.06. The summed E-state index contributed by atoms with van der Waals surface area (Å²) in [4.78, 5) is 12.0. The third kappa shape index (κ3) is 5.09. The van der Waals surface area contributed by atoms with E-state index in [1.165, 1.54) is 0 Å². The average molecular weight is 280 g/mol. The van der Waals surface area contributed by atoms with Gasteiger partial charge in [-0.3, -0.25) is 4.79 Å². The van der Waals surface area contributed by atoms with Crippen molar-refractivity contribution < 1.29 is 14.3 Å². The van der Waals surface area contributed by atoms with E-state index in [2.05, 4.69) is 5.32 Å². The van der Waals surface area contributed by atoms with E-state index >= 15 is 0 Å². The quantitative estimate of drug-likeness (QED) is 0.678. The van der Waals surface area contributed by atoms with Crippen LogP contribution in [-0.2, 0) is 0 Å². The Hall–Kier alpha value is -1.75. The lowest BCUT2D eigenvalue weighted by atomic mass is 10.1. The molecule has 0 fully saturated rings. The molecule has 0 heterocycles. The molecular weight excluding hydrogens is 256 g/mol. The van der Waals surface area contributed by atoms with E-state index < -0.39 is 0 Å². The number of hydrogen-bond acceptors (Lipinski definition) is 4. The zero-order valence-electron chi connectivity index (χ0n) is 12.3. The maximum Gasteiger partial charge on any atom is 0.251 e. The number of rotatable bonds is 9. The maximum absolute atomic E-state index is 12.0. The first-order valence-electron chi connectivity index (χ1n) is 6.93. The van der Waals surface area contributed by atoms with E-state index in [1.54, 1.807) is 32.4 Å². The van der Waals surface area contributed by atoms with Crippen LogP contribution >= 0.6 is 0 Å². The van der Waals surface area contributed by atoms with E-state index in [4.69, 9.17) is 15.2 Å². The first kappa shape index (κ1) is 16.3. The van der Waals surface area contributed by atoms with E-state index in [0.717, 1.165) is 32.2 Å². The summed E-state index contributed by atoms with van der Waals surface area (Å²) in [7, 11) is 3.12. The number of methoxy groups -OCH3 is 2. The van der Waals surface area contributed by atoms with Gasteiger partial charge in [0.25, 0.3) is 5.91 Å². The molecule has 0 aliphatic heterocycles. The Labute approximate surface area is 120 Å². The van der Waals surface area contributed by atoms with Crippen LogP contribution in [0.3, 0.4) is 0 Å². The van der Waals surface area contributed by atoms with Crippen molar-refractivity contribution in [2.75, 3.05) is 27.3 Å². The standard InChI is InChI=1S/C15H24N2O3/c1-19-13-8-7-12(11-14(13)20-2)15(18)17-10-6-4-3-5-9-16/h7-8,11H,3-6,9-10,16H2,1-2H3,(H,17,18). The molecule has 0 saturated carbocycles. The minimum absolute atomic E-state index is 0.0928. The van der Waals surface area contributed by atoms with Gasteiger partial charge in [-0.2, -0.15) is 0 Å². The van der Waals surface area contributed by atoms with Crippen molar-refractivity contribution in [3.8, 4) is 11.5 Å². The third-order valence-electron chi connectivity index (χ3n) is 3.06. The lowest BCUT2D eigenvalue weighted by molar-refractivity contribution is 0.0952. The molecule has 0 atom stereocenters. The van der Waals surface area contributed by atoms with Crippen LogP contribution in [0.25, 0.3) is 0 Å². The summed E-state index contributed by atoms with van der Waals surface area (Å²) < 4.78 is 10.3. The monoisotopic (exact) mass is 280 g/mol. The fourth-order valence-corrected chi connectivity index (χ4v) is 1.90. The Morgan fingerprint density at radius 1 is 1.10 bits per heavy atom. The molecule has 0 unspecified atom stereocenters. The Kier molecular flexibility index (Phi) is 7.50. The SMILES string of the molecule is COc1ccc(C(=O)NCCCCCCN)cc1OC. The molecule has 0 spiro atoms. The van der Waals surface area contributed by atoms with Gasteiger partial charge in [-0.05, 0) is 37.6 Å². The van der Waals surface area contributed by atoms with Crippen LogP contribution in [0.2, 0.25) is 0 Å². The summed E-state index contributed by atoms with van der Waals surface area (Å²) in [5.41, 5.74) is 6.00. The van der Waals surface area contributed by atoms with E-state index in [9.17, 15) is 4.79 Å². The summed E-state index contributed by atoms with van der Waals surface area (Å²) in [6, 6.07) is 5.14. The summed E-state index contributed by atoms with van der Waals surface area (Å²) in [5, 5.41) is 2.90. The molecule has 1 rings (SSSR count). The lowest BCUT2D eigenvalue weighted by Crippen LogP contribution is -2.24. The Morgan fingerprint density at radius 3 is 2.45 bits per heavy atom. The Morgan fingerprint density at radius 2 is 1.80 bits per heavy atom. The number of amides is 1. The number of benzene rings is 1. The molecule has 1 aromatic carbocycles. The van der Waals surface area contributed by atoms with Gasteiger partial charge in [-0.15, -0.1) is 0 Å². The smallest absolute Gasteiger partial charge is 0.251 e. The second-order valence-corrected chi connectivity index (χ2v) is 4.53. The molecule has 5 heteroatoms. The van der Waals surface area contributed by atoms with Gasteiger partial charge < -0.3 is 20.5 Å². The van der Waals surface area contributed by atoms with Gasteiger partial charge in [-0.1, -0.05) is 12.8 Å². The molecule has 0 aliphatic rings. The second-order valence-electron chi connectivity index (χ2n) is 4.53. The first-order valence-corrected chi connectivity index (χ1v) is 6.93. The van der Waals surface area contributed by atoms with Crippen LogP contribution in [0.4, 0.5) is 0 Å². The number of nitrogens with one attached hydrogen (secondary N) is 1. The molecule has 0 aliphatic carbocycles.